The number of methoxy groups -OCH3 is 1. The summed E-state index contributed by atoms with van der Waals surface area (Å²) in [6.07, 6.45) is 1.94. The second-order valence-corrected chi connectivity index (χ2v) is 8.67. The van der Waals surface area contributed by atoms with Crippen LogP contribution >= 0.6 is 23.4 Å². The van der Waals surface area contributed by atoms with E-state index in [-0.39, 0.29) is 17.6 Å². The van der Waals surface area contributed by atoms with Crippen LogP contribution in [-0.4, -0.2) is 41.8 Å². The molecule has 174 valence electrons. The second kappa shape index (κ2) is 11.2. The molecule has 1 atom stereocenters. The van der Waals surface area contributed by atoms with Crippen molar-refractivity contribution in [3.8, 4) is 11.5 Å². The highest BCUT2D eigenvalue weighted by molar-refractivity contribution is 8.18. The summed E-state index contributed by atoms with van der Waals surface area (Å²) >= 11 is 6.95. The lowest BCUT2D eigenvalue weighted by molar-refractivity contribution is -0.150. The van der Waals surface area contributed by atoms with Crippen molar-refractivity contribution >= 4 is 46.6 Å². The quantitative estimate of drug-likeness (QED) is 0.349. The molecule has 0 unspecified atom stereocenters. The maximum atomic E-state index is 12.7. The van der Waals surface area contributed by atoms with Gasteiger partial charge in [0.25, 0.3) is 11.1 Å². The molecule has 2 amide bonds. The van der Waals surface area contributed by atoms with Gasteiger partial charge in [0.05, 0.1) is 18.1 Å². The molecular formula is C24H24ClNO6S. The predicted octanol–water partition coefficient (Wildman–Crippen LogP) is 5.31. The van der Waals surface area contributed by atoms with Crippen molar-refractivity contribution in [1.29, 1.82) is 0 Å². The first-order chi connectivity index (χ1) is 15.8. The number of hydrogen-bond donors (Lipinski definition) is 0. The molecule has 3 rings (SSSR count). The molecule has 2 aromatic carbocycles. The van der Waals surface area contributed by atoms with Crippen LogP contribution in [0.2, 0.25) is 5.02 Å². The Balaban J connectivity index is 1.71. The van der Waals surface area contributed by atoms with Crippen LogP contribution in [0.5, 0.6) is 11.5 Å². The third kappa shape index (κ3) is 6.30. The van der Waals surface area contributed by atoms with Gasteiger partial charge in [-0.15, -0.1) is 0 Å². The van der Waals surface area contributed by atoms with E-state index in [1.807, 2.05) is 25.1 Å². The molecule has 0 bridgehead atoms. The molecule has 1 aliphatic rings. The van der Waals surface area contributed by atoms with Crippen molar-refractivity contribution in [2.75, 3.05) is 13.7 Å². The normalized spacial score (nSPS) is 15.6. The zero-order valence-electron chi connectivity index (χ0n) is 18.5. The molecule has 33 heavy (non-hydrogen) atoms. The van der Waals surface area contributed by atoms with Gasteiger partial charge in [0.2, 0.25) is 0 Å². The van der Waals surface area contributed by atoms with Crippen molar-refractivity contribution in [3.05, 3.63) is 63.5 Å². The maximum Gasteiger partial charge on any atom is 0.326 e. The Hall–Kier alpha value is -2.97. The lowest BCUT2D eigenvalue weighted by atomic mass is 10.1. The van der Waals surface area contributed by atoms with E-state index in [2.05, 4.69) is 0 Å². The molecule has 9 heteroatoms. The number of carbonyl (C=O) groups excluding carboxylic acids is 3. The summed E-state index contributed by atoms with van der Waals surface area (Å²) in [5.74, 6) is -0.179. The van der Waals surface area contributed by atoms with Crippen molar-refractivity contribution < 1.29 is 28.6 Å². The Labute approximate surface area is 201 Å². The van der Waals surface area contributed by atoms with Crippen LogP contribution in [0.3, 0.4) is 0 Å². The number of imide groups is 1. The third-order valence-corrected chi connectivity index (χ3v) is 6.17. The molecule has 1 aliphatic heterocycles. The summed E-state index contributed by atoms with van der Waals surface area (Å²) in [5.41, 5.74) is 1.48. The van der Waals surface area contributed by atoms with Gasteiger partial charge in [0.15, 0.2) is 11.5 Å². The van der Waals surface area contributed by atoms with Crippen molar-refractivity contribution in [1.82, 2.24) is 4.90 Å². The van der Waals surface area contributed by atoms with E-state index in [1.54, 1.807) is 37.3 Å². The largest absolute Gasteiger partial charge is 0.493 e. The number of benzene rings is 2. The third-order valence-electron chi connectivity index (χ3n) is 4.89. The molecule has 0 saturated carbocycles. The van der Waals surface area contributed by atoms with E-state index < -0.39 is 23.7 Å². The molecule has 1 saturated heterocycles. The average Bonchev–Trinajstić information content (AvgIpc) is 3.06. The van der Waals surface area contributed by atoms with E-state index in [1.165, 1.54) is 7.11 Å². The number of nitrogens with zero attached hydrogens (tertiary/aromatic N) is 1. The van der Waals surface area contributed by atoms with Crippen LogP contribution in [0.15, 0.2) is 47.4 Å². The summed E-state index contributed by atoms with van der Waals surface area (Å²) in [7, 11) is 1.51. The highest BCUT2D eigenvalue weighted by Gasteiger charge is 2.36. The van der Waals surface area contributed by atoms with Gasteiger partial charge in [-0.05, 0) is 54.9 Å². The molecule has 0 aliphatic carbocycles. The molecule has 0 radical (unpaired) electrons. The number of rotatable bonds is 9. The SMILES string of the molecule is CC[C@@H](C)OC(=O)CN1C(=O)S/C(=C/c2ccc(OCc3ccccc3Cl)c(OC)c2)C1=O. The van der Waals surface area contributed by atoms with Gasteiger partial charge in [0, 0.05) is 10.6 Å². The summed E-state index contributed by atoms with van der Waals surface area (Å²) in [4.78, 5) is 38.0. The molecular weight excluding hydrogens is 466 g/mol. The lowest BCUT2D eigenvalue weighted by Gasteiger charge is -2.15. The predicted molar refractivity (Wildman–Crippen MR) is 127 cm³/mol. The number of amides is 2. The van der Waals surface area contributed by atoms with Gasteiger partial charge in [-0.25, -0.2) is 0 Å². The van der Waals surface area contributed by atoms with Gasteiger partial charge in [-0.2, -0.15) is 0 Å². The fourth-order valence-electron chi connectivity index (χ4n) is 2.93. The topological polar surface area (TPSA) is 82.1 Å². The summed E-state index contributed by atoms with van der Waals surface area (Å²) in [6, 6.07) is 12.5. The van der Waals surface area contributed by atoms with Crippen LogP contribution in [-0.2, 0) is 20.9 Å². The van der Waals surface area contributed by atoms with Crippen LogP contribution in [0, 0.1) is 0 Å². The van der Waals surface area contributed by atoms with E-state index in [4.69, 9.17) is 25.8 Å². The highest BCUT2D eigenvalue weighted by Crippen LogP contribution is 2.35. The van der Waals surface area contributed by atoms with Crippen LogP contribution in [0.25, 0.3) is 6.08 Å². The monoisotopic (exact) mass is 489 g/mol. The maximum absolute atomic E-state index is 12.7. The Bertz CT molecular complexity index is 1090. The van der Waals surface area contributed by atoms with Crippen LogP contribution < -0.4 is 9.47 Å². The zero-order chi connectivity index (χ0) is 24.0. The van der Waals surface area contributed by atoms with E-state index in [9.17, 15) is 14.4 Å². The number of esters is 1. The zero-order valence-corrected chi connectivity index (χ0v) is 20.1. The minimum Gasteiger partial charge on any atom is -0.493 e. The molecule has 7 nitrogen and oxygen atoms in total. The summed E-state index contributed by atoms with van der Waals surface area (Å²) < 4.78 is 16.4. The number of halogens is 1. The van der Waals surface area contributed by atoms with Gasteiger partial charge in [0.1, 0.15) is 13.2 Å². The minimum absolute atomic E-state index is 0.211. The fraction of sp³-hybridized carbons (Fsp3) is 0.292. The number of ether oxygens (including phenoxy) is 3. The average molecular weight is 490 g/mol. The highest BCUT2D eigenvalue weighted by atomic mass is 35.5. The van der Waals surface area contributed by atoms with E-state index in [0.717, 1.165) is 22.2 Å². The van der Waals surface area contributed by atoms with Crippen molar-refractivity contribution in [2.24, 2.45) is 0 Å². The Morgan fingerprint density at radius 1 is 1.18 bits per heavy atom. The van der Waals surface area contributed by atoms with Crippen molar-refractivity contribution in [3.63, 3.8) is 0 Å². The Kier molecular flexibility index (Phi) is 8.41. The summed E-state index contributed by atoms with van der Waals surface area (Å²) in [5, 5.41) is 0.0934. The summed E-state index contributed by atoms with van der Waals surface area (Å²) in [6.45, 7) is 3.48. The smallest absolute Gasteiger partial charge is 0.326 e. The van der Waals surface area contributed by atoms with Gasteiger partial charge >= 0.3 is 5.97 Å². The van der Waals surface area contributed by atoms with Crippen LogP contribution in [0.1, 0.15) is 31.4 Å². The first kappa shape index (κ1) is 24.7. The first-order valence-electron chi connectivity index (χ1n) is 10.3. The number of hydrogen-bond acceptors (Lipinski definition) is 7. The molecule has 0 aromatic heterocycles. The molecule has 0 spiro atoms. The van der Waals surface area contributed by atoms with Gasteiger partial charge < -0.3 is 14.2 Å². The van der Waals surface area contributed by atoms with E-state index in [0.29, 0.717) is 28.5 Å². The molecule has 1 heterocycles. The fourth-order valence-corrected chi connectivity index (χ4v) is 3.95. The van der Waals surface area contributed by atoms with Gasteiger partial charge in [-0.3, -0.25) is 19.3 Å². The lowest BCUT2D eigenvalue weighted by Crippen LogP contribution is -2.35. The Morgan fingerprint density at radius 2 is 1.94 bits per heavy atom. The van der Waals surface area contributed by atoms with Crippen molar-refractivity contribution in [2.45, 2.75) is 33.0 Å². The molecule has 2 aromatic rings. The second-order valence-electron chi connectivity index (χ2n) is 7.27. The van der Waals surface area contributed by atoms with E-state index >= 15 is 0 Å². The first-order valence-corrected chi connectivity index (χ1v) is 11.5. The van der Waals surface area contributed by atoms with Crippen LogP contribution in [0.4, 0.5) is 4.79 Å². The number of thioether (sulfide) groups is 1. The van der Waals surface area contributed by atoms with Gasteiger partial charge in [-0.1, -0.05) is 42.8 Å². The Morgan fingerprint density at radius 3 is 2.64 bits per heavy atom. The molecule has 0 N–H and O–H groups in total. The number of carbonyl (C=O) groups is 3. The minimum atomic E-state index is -0.616. The molecule has 1 fully saturated rings. The standard InChI is InChI=1S/C24H24ClNO6S/c1-4-15(2)32-22(27)13-26-23(28)21(33-24(26)29)12-16-9-10-19(20(11-16)30-3)31-14-17-7-5-6-8-18(17)25/h5-12,15H,4,13-14H2,1-3H3/b21-12+/t15-/m1/s1.